The molecule has 1 aromatic heterocycles. The summed E-state index contributed by atoms with van der Waals surface area (Å²) in [6.45, 7) is 5.91. The summed E-state index contributed by atoms with van der Waals surface area (Å²) < 4.78 is 10.4. The Kier molecular flexibility index (Phi) is 6.27. The van der Waals surface area contributed by atoms with Crippen molar-refractivity contribution in [2.45, 2.75) is 20.8 Å². The van der Waals surface area contributed by atoms with E-state index in [4.69, 9.17) is 32.7 Å². The van der Waals surface area contributed by atoms with Gasteiger partial charge in [-0.15, -0.1) is 11.3 Å². The molecule has 0 aliphatic heterocycles. The van der Waals surface area contributed by atoms with Crippen LogP contribution in [0.5, 0.6) is 5.75 Å². The molecule has 0 bridgehead atoms. The lowest BCUT2D eigenvalue weighted by atomic mass is 10.1. The molecule has 128 valence electrons. The van der Waals surface area contributed by atoms with Gasteiger partial charge in [0, 0.05) is 21.7 Å². The predicted molar refractivity (Wildman–Crippen MR) is 100 cm³/mol. The first-order valence-electron chi connectivity index (χ1n) is 7.23. The quantitative estimate of drug-likeness (QED) is 0.496. The van der Waals surface area contributed by atoms with Crippen molar-refractivity contribution in [2.24, 2.45) is 4.99 Å². The van der Waals surface area contributed by atoms with E-state index in [0.29, 0.717) is 38.5 Å². The van der Waals surface area contributed by atoms with Crippen molar-refractivity contribution in [3.05, 3.63) is 43.7 Å². The number of esters is 1. The number of aliphatic imine (C=N–C) groups is 1. The number of methoxy groups -OCH3 is 1. The van der Waals surface area contributed by atoms with Crippen LogP contribution in [0.2, 0.25) is 10.0 Å². The second kappa shape index (κ2) is 8.01. The van der Waals surface area contributed by atoms with Crippen molar-refractivity contribution < 1.29 is 14.3 Å². The molecule has 4 nitrogen and oxygen atoms in total. The third-order valence-electron chi connectivity index (χ3n) is 3.41. The molecule has 0 saturated carbocycles. The minimum Gasteiger partial charge on any atom is -0.495 e. The topological polar surface area (TPSA) is 47.9 Å². The number of halogens is 2. The van der Waals surface area contributed by atoms with E-state index >= 15 is 0 Å². The van der Waals surface area contributed by atoms with Gasteiger partial charge in [-0.05, 0) is 38.5 Å². The molecule has 0 spiro atoms. The van der Waals surface area contributed by atoms with Crippen LogP contribution in [0, 0.1) is 13.8 Å². The summed E-state index contributed by atoms with van der Waals surface area (Å²) in [6.07, 6.45) is 1.59. The van der Waals surface area contributed by atoms with Gasteiger partial charge in [0.2, 0.25) is 0 Å². The van der Waals surface area contributed by atoms with E-state index in [2.05, 4.69) is 4.99 Å². The molecular weight excluding hydrogens is 369 g/mol. The second-order valence-electron chi connectivity index (χ2n) is 4.95. The van der Waals surface area contributed by atoms with Gasteiger partial charge in [0.25, 0.3) is 0 Å². The van der Waals surface area contributed by atoms with Crippen LogP contribution in [-0.2, 0) is 4.74 Å². The largest absolute Gasteiger partial charge is 0.495 e. The molecular formula is C17H17Cl2NO3S. The summed E-state index contributed by atoms with van der Waals surface area (Å²) in [7, 11) is 1.52. The van der Waals surface area contributed by atoms with Crippen molar-refractivity contribution in [1.29, 1.82) is 0 Å². The summed E-state index contributed by atoms with van der Waals surface area (Å²) in [5.41, 5.74) is 2.00. The highest BCUT2D eigenvalue weighted by atomic mass is 35.5. The third-order valence-corrected chi connectivity index (χ3v) is 5.02. The average Bonchev–Trinajstić information content (AvgIpc) is 2.80. The van der Waals surface area contributed by atoms with Crippen LogP contribution < -0.4 is 4.74 Å². The van der Waals surface area contributed by atoms with Crippen molar-refractivity contribution in [2.75, 3.05) is 13.7 Å². The van der Waals surface area contributed by atoms with Gasteiger partial charge in [0.05, 0.1) is 24.3 Å². The SMILES string of the molecule is CCOC(=O)c1c(/N=C/c2cc(Cl)cc(Cl)c2OC)sc(C)c1C. The fourth-order valence-electron chi connectivity index (χ4n) is 2.16. The smallest absolute Gasteiger partial charge is 0.341 e. The fraction of sp³-hybridized carbons (Fsp3) is 0.294. The lowest BCUT2D eigenvalue weighted by molar-refractivity contribution is 0.0527. The standard InChI is InChI=1S/C17H17Cl2NO3S/c1-5-23-17(21)14-9(2)10(3)24-16(14)20-8-11-6-12(18)7-13(19)15(11)22-4/h6-8H,5H2,1-4H3/b20-8+. The van der Waals surface area contributed by atoms with Gasteiger partial charge in [-0.2, -0.15) is 0 Å². The zero-order valence-electron chi connectivity index (χ0n) is 13.8. The Hall–Kier alpha value is -1.56. The normalized spacial score (nSPS) is 11.1. The van der Waals surface area contributed by atoms with E-state index in [0.717, 1.165) is 10.4 Å². The number of hydrogen-bond acceptors (Lipinski definition) is 5. The molecule has 0 aliphatic rings. The summed E-state index contributed by atoms with van der Waals surface area (Å²) in [6, 6.07) is 3.30. The van der Waals surface area contributed by atoms with Crippen LogP contribution >= 0.6 is 34.5 Å². The lowest BCUT2D eigenvalue weighted by Crippen LogP contribution is -2.05. The van der Waals surface area contributed by atoms with Gasteiger partial charge in [0.15, 0.2) is 0 Å². The Bertz CT molecular complexity index is 800. The summed E-state index contributed by atoms with van der Waals surface area (Å²) in [5, 5.41) is 1.46. The highest BCUT2D eigenvalue weighted by molar-refractivity contribution is 7.16. The summed E-state index contributed by atoms with van der Waals surface area (Å²) in [4.78, 5) is 17.6. The Morgan fingerprint density at radius 3 is 2.67 bits per heavy atom. The summed E-state index contributed by atoms with van der Waals surface area (Å²) in [5.74, 6) is 0.107. The molecule has 0 radical (unpaired) electrons. The van der Waals surface area contributed by atoms with Crippen LogP contribution in [0.1, 0.15) is 33.3 Å². The minimum absolute atomic E-state index is 0.314. The van der Waals surface area contributed by atoms with Crippen molar-refractivity contribution >= 4 is 51.7 Å². The van der Waals surface area contributed by atoms with Crippen molar-refractivity contribution in [1.82, 2.24) is 0 Å². The van der Waals surface area contributed by atoms with Crippen molar-refractivity contribution in [3.63, 3.8) is 0 Å². The Morgan fingerprint density at radius 1 is 1.33 bits per heavy atom. The number of carbonyl (C=O) groups is 1. The van der Waals surface area contributed by atoms with E-state index < -0.39 is 0 Å². The van der Waals surface area contributed by atoms with Crippen LogP contribution in [0.15, 0.2) is 17.1 Å². The number of rotatable bonds is 5. The van der Waals surface area contributed by atoms with Crippen LogP contribution in [-0.4, -0.2) is 25.9 Å². The Morgan fingerprint density at radius 2 is 2.04 bits per heavy atom. The van der Waals surface area contributed by atoms with Gasteiger partial charge >= 0.3 is 5.97 Å². The fourth-order valence-corrected chi connectivity index (χ4v) is 3.74. The number of hydrogen-bond donors (Lipinski definition) is 0. The average molecular weight is 386 g/mol. The van der Waals surface area contributed by atoms with Crippen LogP contribution in [0.4, 0.5) is 5.00 Å². The number of benzene rings is 1. The van der Waals surface area contributed by atoms with Crippen molar-refractivity contribution in [3.8, 4) is 5.75 Å². The number of ether oxygens (including phenoxy) is 2. The van der Waals surface area contributed by atoms with Gasteiger partial charge < -0.3 is 9.47 Å². The van der Waals surface area contributed by atoms with Gasteiger partial charge in [-0.25, -0.2) is 9.79 Å². The maximum Gasteiger partial charge on any atom is 0.341 e. The minimum atomic E-state index is -0.373. The van der Waals surface area contributed by atoms with E-state index in [1.54, 1.807) is 25.3 Å². The molecule has 2 rings (SSSR count). The highest BCUT2D eigenvalue weighted by Gasteiger charge is 2.20. The first-order chi connectivity index (χ1) is 11.4. The maximum atomic E-state index is 12.2. The predicted octanol–water partition coefficient (Wildman–Crippen LogP) is 5.61. The van der Waals surface area contributed by atoms with Gasteiger partial charge in [-0.1, -0.05) is 23.2 Å². The first-order valence-corrected chi connectivity index (χ1v) is 8.80. The first kappa shape index (κ1) is 18.8. The number of aryl methyl sites for hydroxylation is 1. The molecule has 0 atom stereocenters. The third kappa shape index (κ3) is 3.91. The van der Waals surface area contributed by atoms with Crippen LogP contribution in [0.3, 0.4) is 0 Å². The molecule has 0 fully saturated rings. The lowest BCUT2D eigenvalue weighted by Gasteiger charge is -2.07. The second-order valence-corrected chi connectivity index (χ2v) is 7.00. The van der Waals surface area contributed by atoms with E-state index in [9.17, 15) is 4.79 Å². The molecule has 1 aromatic carbocycles. The molecule has 0 amide bonds. The molecule has 2 aromatic rings. The molecule has 0 saturated heterocycles. The molecule has 7 heteroatoms. The molecule has 0 aliphatic carbocycles. The molecule has 0 unspecified atom stereocenters. The Labute approximate surface area is 155 Å². The van der Waals surface area contributed by atoms with E-state index in [1.165, 1.54) is 18.4 Å². The van der Waals surface area contributed by atoms with Gasteiger partial charge in [0.1, 0.15) is 10.8 Å². The molecule has 0 N–H and O–H groups in total. The monoisotopic (exact) mass is 385 g/mol. The zero-order chi connectivity index (χ0) is 17.9. The van der Waals surface area contributed by atoms with Crippen LogP contribution in [0.25, 0.3) is 0 Å². The highest BCUT2D eigenvalue weighted by Crippen LogP contribution is 2.36. The molecule has 1 heterocycles. The number of thiophene rings is 1. The maximum absolute atomic E-state index is 12.2. The van der Waals surface area contributed by atoms with Gasteiger partial charge in [-0.3, -0.25) is 0 Å². The Balaban J connectivity index is 2.47. The number of nitrogens with zero attached hydrogens (tertiary/aromatic N) is 1. The summed E-state index contributed by atoms with van der Waals surface area (Å²) >= 11 is 13.6. The van der Waals surface area contributed by atoms with E-state index in [1.807, 2.05) is 13.8 Å². The molecule has 24 heavy (non-hydrogen) atoms. The van der Waals surface area contributed by atoms with E-state index in [-0.39, 0.29) is 5.97 Å². The number of carbonyl (C=O) groups excluding carboxylic acids is 1. The zero-order valence-corrected chi connectivity index (χ0v) is 16.1.